The van der Waals surface area contributed by atoms with Gasteiger partial charge >= 0.3 is 11.8 Å². The van der Waals surface area contributed by atoms with Crippen LogP contribution in [-0.2, 0) is 4.79 Å². The van der Waals surface area contributed by atoms with E-state index in [0.717, 1.165) is 0 Å². The van der Waals surface area contributed by atoms with Gasteiger partial charge in [0.1, 0.15) is 11.5 Å². The Labute approximate surface area is 127 Å². The molecule has 1 N–H and O–H groups in total. The highest BCUT2D eigenvalue weighted by Gasteiger charge is 2.42. The Morgan fingerprint density at radius 1 is 1.05 bits per heavy atom. The van der Waals surface area contributed by atoms with Gasteiger partial charge in [-0.05, 0) is 36.4 Å². The van der Waals surface area contributed by atoms with Crippen LogP contribution in [0.5, 0.6) is 11.5 Å². The van der Waals surface area contributed by atoms with Crippen LogP contribution in [0.1, 0.15) is 13.3 Å². The van der Waals surface area contributed by atoms with Gasteiger partial charge in [0.15, 0.2) is 0 Å². The van der Waals surface area contributed by atoms with Crippen molar-refractivity contribution >= 4 is 17.6 Å². The Bertz CT molecular complexity index is 597. The zero-order chi connectivity index (χ0) is 15.3. The molecule has 0 heterocycles. The Morgan fingerprint density at radius 3 is 2.05 bits per heavy atom. The third-order valence-electron chi connectivity index (χ3n) is 2.91. The number of ether oxygens (including phenoxy) is 2. The molecule has 21 heavy (non-hydrogen) atoms. The van der Waals surface area contributed by atoms with E-state index in [1.54, 1.807) is 55.5 Å². The van der Waals surface area contributed by atoms with Crippen LogP contribution in [0.4, 0.5) is 0 Å². The first kappa shape index (κ1) is 15.2. The maximum absolute atomic E-state index is 11.7. The predicted molar refractivity (Wildman–Crippen MR) is 79.8 cm³/mol. The van der Waals surface area contributed by atoms with Gasteiger partial charge in [0.25, 0.3) is 0 Å². The van der Waals surface area contributed by atoms with Crippen LogP contribution in [0.15, 0.2) is 54.6 Å². The second kappa shape index (κ2) is 6.50. The Balaban J connectivity index is 2.28. The molecule has 1 unspecified atom stereocenters. The predicted octanol–water partition coefficient (Wildman–Crippen LogP) is 3.99. The third kappa shape index (κ3) is 3.67. The molecule has 110 valence electrons. The van der Waals surface area contributed by atoms with Crippen molar-refractivity contribution in [2.45, 2.75) is 19.1 Å². The molecular weight excluding hydrogens is 292 g/mol. The lowest BCUT2D eigenvalue weighted by Gasteiger charge is -2.29. The van der Waals surface area contributed by atoms with Crippen molar-refractivity contribution in [3.63, 3.8) is 0 Å². The van der Waals surface area contributed by atoms with E-state index in [9.17, 15) is 9.90 Å². The van der Waals surface area contributed by atoms with Crippen molar-refractivity contribution < 1.29 is 19.4 Å². The zero-order valence-electron chi connectivity index (χ0n) is 11.5. The van der Waals surface area contributed by atoms with E-state index < -0.39 is 11.8 Å². The monoisotopic (exact) mass is 306 g/mol. The van der Waals surface area contributed by atoms with Crippen molar-refractivity contribution in [3.8, 4) is 11.5 Å². The van der Waals surface area contributed by atoms with Crippen LogP contribution in [-0.4, -0.2) is 16.9 Å². The molecule has 0 aromatic heterocycles. The molecule has 0 aliphatic heterocycles. The molecule has 2 rings (SSSR count). The van der Waals surface area contributed by atoms with Gasteiger partial charge in [-0.1, -0.05) is 36.7 Å². The van der Waals surface area contributed by atoms with Crippen LogP contribution < -0.4 is 9.47 Å². The average molecular weight is 307 g/mol. The van der Waals surface area contributed by atoms with E-state index in [-0.39, 0.29) is 6.42 Å². The SMILES string of the molecule is CCC(Oc1ccccc1)(Oc1ccc(Cl)cc1)C(=O)O. The van der Waals surface area contributed by atoms with E-state index in [0.29, 0.717) is 16.5 Å². The van der Waals surface area contributed by atoms with Gasteiger partial charge in [-0.2, -0.15) is 0 Å². The van der Waals surface area contributed by atoms with E-state index in [1.807, 2.05) is 6.07 Å². The van der Waals surface area contributed by atoms with Gasteiger partial charge < -0.3 is 14.6 Å². The molecule has 2 aromatic carbocycles. The minimum absolute atomic E-state index is 0.139. The summed E-state index contributed by atoms with van der Waals surface area (Å²) in [4.78, 5) is 11.7. The van der Waals surface area contributed by atoms with Crippen LogP contribution >= 0.6 is 11.6 Å². The summed E-state index contributed by atoms with van der Waals surface area (Å²) in [5.41, 5.74) is 0. The number of hydrogen-bond donors (Lipinski definition) is 1. The molecule has 0 spiro atoms. The summed E-state index contributed by atoms with van der Waals surface area (Å²) >= 11 is 5.81. The highest BCUT2D eigenvalue weighted by atomic mass is 35.5. The van der Waals surface area contributed by atoms with Crippen LogP contribution in [0.3, 0.4) is 0 Å². The van der Waals surface area contributed by atoms with Crippen molar-refractivity contribution in [1.82, 2.24) is 0 Å². The maximum Gasteiger partial charge on any atom is 0.390 e. The van der Waals surface area contributed by atoms with Gasteiger partial charge in [0.05, 0.1) is 0 Å². The first-order valence-electron chi connectivity index (χ1n) is 6.48. The topological polar surface area (TPSA) is 55.8 Å². The molecule has 0 amide bonds. The van der Waals surface area contributed by atoms with Gasteiger partial charge in [-0.3, -0.25) is 0 Å². The van der Waals surface area contributed by atoms with Crippen LogP contribution in [0.25, 0.3) is 0 Å². The fraction of sp³-hybridized carbons (Fsp3) is 0.188. The lowest BCUT2D eigenvalue weighted by molar-refractivity contribution is -0.186. The van der Waals surface area contributed by atoms with E-state index >= 15 is 0 Å². The Kier molecular flexibility index (Phi) is 4.70. The molecule has 0 aliphatic carbocycles. The molecule has 0 fully saturated rings. The molecule has 5 heteroatoms. The molecule has 1 atom stereocenters. The van der Waals surface area contributed by atoms with Crippen molar-refractivity contribution in [3.05, 3.63) is 59.6 Å². The quantitative estimate of drug-likeness (QED) is 0.820. The minimum atomic E-state index is -1.78. The summed E-state index contributed by atoms with van der Waals surface area (Å²) in [6.07, 6.45) is 0.139. The molecule has 0 aliphatic rings. The third-order valence-corrected chi connectivity index (χ3v) is 3.17. The summed E-state index contributed by atoms with van der Waals surface area (Å²) in [5, 5.41) is 10.1. The smallest absolute Gasteiger partial charge is 0.390 e. The van der Waals surface area contributed by atoms with Crippen molar-refractivity contribution in [1.29, 1.82) is 0 Å². The summed E-state index contributed by atoms with van der Waals surface area (Å²) < 4.78 is 11.2. The standard InChI is InChI=1S/C16H15ClO4/c1-2-16(15(18)19,20-13-6-4-3-5-7-13)21-14-10-8-12(17)9-11-14/h3-11H,2H2,1H3,(H,18,19). The highest BCUT2D eigenvalue weighted by molar-refractivity contribution is 6.30. The van der Waals surface area contributed by atoms with E-state index in [2.05, 4.69) is 0 Å². The maximum atomic E-state index is 11.7. The van der Waals surface area contributed by atoms with E-state index in [1.165, 1.54) is 0 Å². The molecule has 0 saturated heterocycles. The zero-order valence-corrected chi connectivity index (χ0v) is 12.2. The number of halogens is 1. The number of para-hydroxylation sites is 1. The van der Waals surface area contributed by atoms with Gasteiger partial charge in [0, 0.05) is 11.4 Å². The van der Waals surface area contributed by atoms with Crippen LogP contribution in [0, 0.1) is 0 Å². The lowest BCUT2D eigenvalue weighted by Crippen LogP contribution is -2.49. The first-order valence-corrected chi connectivity index (χ1v) is 6.85. The number of carboxylic acids is 1. The minimum Gasteiger partial charge on any atom is -0.475 e. The molecule has 0 saturated carbocycles. The number of rotatable bonds is 6. The second-order valence-corrected chi connectivity index (χ2v) is 4.82. The van der Waals surface area contributed by atoms with Gasteiger partial charge in [-0.15, -0.1) is 0 Å². The van der Waals surface area contributed by atoms with Crippen molar-refractivity contribution in [2.75, 3.05) is 0 Å². The first-order chi connectivity index (χ1) is 10.1. The Morgan fingerprint density at radius 2 is 1.57 bits per heavy atom. The molecule has 2 aromatic rings. The number of carboxylic acid groups (broad SMARTS) is 1. The lowest BCUT2D eigenvalue weighted by atomic mass is 10.2. The number of benzene rings is 2. The fourth-order valence-electron chi connectivity index (χ4n) is 1.78. The fourth-order valence-corrected chi connectivity index (χ4v) is 1.90. The number of hydrogen-bond acceptors (Lipinski definition) is 3. The number of carbonyl (C=O) groups is 1. The van der Waals surface area contributed by atoms with Gasteiger partial charge in [0.2, 0.25) is 0 Å². The average Bonchev–Trinajstić information content (AvgIpc) is 2.49. The van der Waals surface area contributed by atoms with E-state index in [4.69, 9.17) is 21.1 Å². The van der Waals surface area contributed by atoms with Crippen LogP contribution in [0.2, 0.25) is 5.02 Å². The largest absolute Gasteiger partial charge is 0.475 e. The molecular formula is C16H15ClO4. The summed E-state index contributed by atoms with van der Waals surface area (Å²) in [6.45, 7) is 1.69. The number of aliphatic carboxylic acids is 1. The summed E-state index contributed by atoms with van der Waals surface area (Å²) in [7, 11) is 0. The Hall–Kier alpha value is -2.20. The summed E-state index contributed by atoms with van der Waals surface area (Å²) in [6, 6.07) is 15.2. The molecule has 4 nitrogen and oxygen atoms in total. The normalized spacial score (nSPS) is 13.2. The molecule has 0 bridgehead atoms. The summed E-state index contributed by atoms with van der Waals surface area (Å²) in [5.74, 6) is -2.17. The van der Waals surface area contributed by atoms with Crippen molar-refractivity contribution in [2.24, 2.45) is 0 Å². The highest BCUT2D eigenvalue weighted by Crippen LogP contribution is 2.27. The second-order valence-electron chi connectivity index (χ2n) is 4.38. The molecule has 0 radical (unpaired) electrons. The van der Waals surface area contributed by atoms with Gasteiger partial charge in [-0.25, -0.2) is 4.79 Å².